The van der Waals surface area contributed by atoms with E-state index < -0.39 is 5.79 Å². The molecule has 2 amide bonds. The number of piperidine rings is 1. The summed E-state index contributed by atoms with van der Waals surface area (Å²) in [6.07, 6.45) is 3.42. The number of nitrogens with one attached hydrogen (secondary N) is 1. The summed E-state index contributed by atoms with van der Waals surface area (Å²) >= 11 is 0. The highest BCUT2D eigenvalue weighted by Crippen LogP contribution is 2.32. The van der Waals surface area contributed by atoms with Crippen molar-refractivity contribution in [2.45, 2.75) is 25.2 Å². The number of hydrogen-bond donors (Lipinski definition) is 1. The molecule has 3 heterocycles. The number of methoxy groups -OCH3 is 1. The summed E-state index contributed by atoms with van der Waals surface area (Å²) in [5.74, 6) is -0.465. The molecular weight excluding hydrogens is 334 g/mol. The van der Waals surface area contributed by atoms with E-state index in [1.807, 2.05) is 29.3 Å². The molecule has 2 aromatic rings. The first-order valence-electron chi connectivity index (χ1n) is 9.11. The normalized spacial score (nSPS) is 19.3. The van der Waals surface area contributed by atoms with E-state index >= 15 is 0 Å². The van der Waals surface area contributed by atoms with Crippen LogP contribution in [0.15, 0.2) is 30.5 Å². The Morgan fingerprint density at radius 1 is 1.23 bits per heavy atom. The zero-order valence-electron chi connectivity index (χ0n) is 15.1. The highest BCUT2D eigenvalue weighted by atomic mass is 16.7. The molecule has 0 aliphatic carbocycles. The summed E-state index contributed by atoms with van der Waals surface area (Å²) in [6, 6.07) is 7.99. The molecule has 1 spiro atoms. The lowest BCUT2D eigenvalue weighted by atomic mass is 10.0. The lowest BCUT2D eigenvalue weighted by molar-refractivity contribution is -0.181. The smallest absolute Gasteiger partial charge is 0.321 e. The van der Waals surface area contributed by atoms with E-state index in [2.05, 4.69) is 16.0 Å². The van der Waals surface area contributed by atoms with E-state index in [-0.39, 0.29) is 6.03 Å². The molecule has 2 aliphatic rings. The number of carbonyl (C=O) groups is 1. The Morgan fingerprint density at radius 3 is 2.69 bits per heavy atom. The number of aromatic nitrogens is 1. The van der Waals surface area contributed by atoms with Gasteiger partial charge in [0, 0.05) is 51.2 Å². The Bertz CT molecular complexity index is 772. The summed E-state index contributed by atoms with van der Waals surface area (Å²) in [6.45, 7) is 3.93. The van der Waals surface area contributed by atoms with Gasteiger partial charge < -0.3 is 29.0 Å². The minimum Gasteiger partial charge on any atom is -0.383 e. The molecule has 0 unspecified atom stereocenters. The molecule has 0 bridgehead atoms. The SMILES string of the molecule is COCCn1cc(NC(=O)N2CCC3(CC2)OCCO3)c2ccccc21. The summed E-state index contributed by atoms with van der Waals surface area (Å²) in [5, 5.41) is 4.11. The molecule has 1 N–H and O–H groups in total. The van der Waals surface area contributed by atoms with E-state index in [1.165, 1.54) is 0 Å². The predicted octanol–water partition coefficient (Wildman–Crippen LogP) is 2.66. The monoisotopic (exact) mass is 359 g/mol. The zero-order valence-corrected chi connectivity index (χ0v) is 15.1. The van der Waals surface area contributed by atoms with Crippen molar-refractivity contribution in [3.05, 3.63) is 30.5 Å². The Hall–Kier alpha value is -2.09. The summed E-state index contributed by atoms with van der Waals surface area (Å²) in [7, 11) is 1.69. The maximum absolute atomic E-state index is 12.7. The molecule has 0 atom stereocenters. The van der Waals surface area contributed by atoms with Gasteiger partial charge in [-0.1, -0.05) is 18.2 Å². The summed E-state index contributed by atoms with van der Waals surface area (Å²) < 4.78 is 18.8. The number of likely N-dealkylation sites (tertiary alicyclic amines) is 1. The Kier molecular flexibility index (Phi) is 4.84. The third-order valence-electron chi connectivity index (χ3n) is 5.19. The molecule has 1 aromatic carbocycles. The van der Waals surface area contributed by atoms with Gasteiger partial charge in [-0.2, -0.15) is 0 Å². The van der Waals surface area contributed by atoms with Crippen LogP contribution in [-0.2, 0) is 20.8 Å². The lowest BCUT2D eigenvalue weighted by Gasteiger charge is -2.37. The molecule has 4 rings (SSSR count). The number of para-hydroxylation sites is 1. The molecule has 7 nitrogen and oxygen atoms in total. The van der Waals surface area contributed by atoms with E-state index in [1.54, 1.807) is 7.11 Å². The van der Waals surface area contributed by atoms with Crippen LogP contribution in [0.3, 0.4) is 0 Å². The number of nitrogens with zero attached hydrogens (tertiary/aromatic N) is 2. The average molecular weight is 359 g/mol. The number of hydrogen-bond acceptors (Lipinski definition) is 4. The number of amides is 2. The van der Waals surface area contributed by atoms with Crippen molar-refractivity contribution in [3.8, 4) is 0 Å². The molecular formula is C19H25N3O4. The molecule has 0 saturated carbocycles. The maximum atomic E-state index is 12.7. The molecule has 0 radical (unpaired) electrons. The molecule has 1 aromatic heterocycles. The lowest BCUT2D eigenvalue weighted by Crippen LogP contribution is -2.48. The topological polar surface area (TPSA) is 65.0 Å². The Labute approximate surface area is 152 Å². The molecule has 2 saturated heterocycles. The third kappa shape index (κ3) is 3.30. The second-order valence-corrected chi connectivity index (χ2v) is 6.77. The fourth-order valence-corrected chi connectivity index (χ4v) is 3.75. The van der Waals surface area contributed by atoms with Gasteiger partial charge in [0.25, 0.3) is 0 Å². The van der Waals surface area contributed by atoms with Crippen LogP contribution in [0.5, 0.6) is 0 Å². The molecule has 140 valence electrons. The highest BCUT2D eigenvalue weighted by Gasteiger charge is 2.40. The van der Waals surface area contributed by atoms with Gasteiger partial charge in [-0.05, 0) is 6.07 Å². The van der Waals surface area contributed by atoms with Gasteiger partial charge >= 0.3 is 6.03 Å². The van der Waals surface area contributed by atoms with Gasteiger partial charge in [-0.3, -0.25) is 0 Å². The highest BCUT2D eigenvalue weighted by molar-refractivity contribution is 6.01. The average Bonchev–Trinajstić information content (AvgIpc) is 3.26. The van der Waals surface area contributed by atoms with Crippen LogP contribution < -0.4 is 5.32 Å². The van der Waals surface area contributed by atoms with Gasteiger partial charge in [0.15, 0.2) is 5.79 Å². The standard InChI is InChI=1S/C19H25N3O4/c1-24-11-10-22-14-16(15-4-2-3-5-17(15)22)20-18(23)21-8-6-19(7-9-21)25-12-13-26-19/h2-5,14H,6-13H2,1H3,(H,20,23). The van der Waals surface area contributed by atoms with Crippen LogP contribution in [0.4, 0.5) is 10.5 Å². The van der Waals surface area contributed by atoms with Crippen LogP contribution in [-0.4, -0.2) is 61.3 Å². The number of rotatable bonds is 4. The fraction of sp³-hybridized carbons (Fsp3) is 0.526. The number of carbonyl (C=O) groups excluding carboxylic acids is 1. The van der Waals surface area contributed by atoms with Gasteiger partial charge in [0.2, 0.25) is 0 Å². The van der Waals surface area contributed by atoms with E-state index in [0.29, 0.717) is 32.9 Å². The number of urea groups is 1. The minimum atomic E-state index is -0.465. The van der Waals surface area contributed by atoms with Crippen LogP contribution in [0.2, 0.25) is 0 Å². The van der Waals surface area contributed by atoms with Gasteiger partial charge in [-0.15, -0.1) is 0 Å². The Morgan fingerprint density at radius 2 is 1.96 bits per heavy atom. The first-order valence-corrected chi connectivity index (χ1v) is 9.11. The number of fused-ring (bicyclic) bond motifs is 1. The minimum absolute atomic E-state index is 0.0764. The number of benzene rings is 1. The van der Waals surface area contributed by atoms with Crippen LogP contribution in [0, 0.1) is 0 Å². The van der Waals surface area contributed by atoms with Gasteiger partial charge in [0.05, 0.1) is 31.0 Å². The van der Waals surface area contributed by atoms with Crippen molar-refractivity contribution in [3.63, 3.8) is 0 Å². The van der Waals surface area contributed by atoms with E-state index in [0.717, 1.165) is 36.0 Å². The van der Waals surface area contributed by atoms with Gasteiger partial charge in [0.1, 0.15) is 0 Å². The van der Waals surface area contributed by atoms with Crippen molar-refractivity contribution >= 4 is 22.6 Å². The number of ether oxygens (including phenoxy) is 3. The summed E-state index contributed by atoms with van der Waals surface area (Å²) in [4.78, 5) is 14.6. The summed E-state index contributed by atoms with van der Waals surface area (Å²) in [5.41, 5.74) is 1.92. The van der Waals surface area contributed by atoms with Gasteiger partial charge in [-0.25, -0.2) is 4.79 Å². The van der Waals surface area contributed by atoms with Crippen LogP contribution >= 0.6 is 0 Å². The first-order chi connectivity index (χ1) is 12.7. The van der Waals surface area contributed by atoms with Crippen molar-refractivity contribution in [1.29, 1.82) is 0 Å². The molecule has 2 aliphatic heterocycles. The van der Waals surface area contributed by atoms with Crippen LogP contribution in [0.1, 0.15) is 12.8 Å². The first kappa shape index (κ1) is 17.3. The van der Waals surface area contributed by atoms with Crippen molar-refractivity contribution in [2.24, 2.45) is 0 Å². The Balaban J connectivity index is 1.46. The van der Waals surface area contributed by atoms with Crippen molar-refractivity contribution < 1.29 is 19.0 Å². The zero-order chi connectivity index (χ0) is 18.0. The van der Waals surface area contributed by atoms with Crippen molar-refractivity contribution in [1.82, 2.24) is 9.47 Å². The molecule has 26 heavy (non-hydrogen) atoms. The predicted molar refractivity (Wildman–Crippen MR) is 98.3 cm³/mol. The van der Waals surface area contributed by atoms with E-state index in [4.69, 9.17) is 14.2 Å². The largest absolute Gasteiger partial charge is 0.383 e. The second kappa shape index (κ2) is 7.26. The second-order valence-electron chi connectivity index (χ2n) is 6.77. The third-order valence-corrected chi connectivity index (χ3v) is 5.19. The van der Waals surface area contributed by atoms with Crippen LogP contribution in [0.25, 0.3) is 10.9 Å². The number of anilines is 1. The van der Waals surface area contributed by atoms with Crippen molar-refractivity contribution in [2.75, 3.05) is 45.3 Å². The van der Waals surface area contributed by atoms with E-state index in [9.17, 15) is 4.79 Å². The maximum Gasteiger partial charge on any atom is 0.321 e. The fourth-order valence-electron chi connectivity index (χ4n) is 3.75. The molecule has 2 fully saturated rings. The quantitative estimate of drug-likeness (QED) is 0.912. The molecule has 7 heteroatoms.